The maximum Gasteiger partial charge on any atom is 0.0698 e. The minimum Gasteiger partial charge on any atom is -0.380 e. The topological polar surface area (TPSA) is 21.7 Å². The molecule has 0 saturated carbocycles. The summed E-state index contributed by atoms with van der Waals surface area (Å²) in [6.45, 7) is 8.30. The van der Waals surface area contributed by atoms with Gasteiger partial charge in [-0.25, -0.2) is 0 Å². The van der Waals surface area contributed by atoms with Crippen LogP contribution in [0.15, 0.2) is 0 Å². The Hall–Kier alpha value is -0.120. The molecule has 0 aromatic carbocycles. The van der Waals surface area contributed by atoms with Crippen LogP contribution in [-0.2, 0) is 9.47 Å². The van der Waals surface area contributed by atoms with Gasteiger partial charge in [0.15, 0.2) is 0 Å². The number of piperidine rings is 1. The maximum absolute atomic E-state index is 5.53. The summed E-state index contributed by atoms with van der Waals surface area (Å²) in [5.41, 5.74) is 0. The lowest BCUT2D eigenvalue weighted by molar-refractivity contribution is 0.00891. The van der Waals surface area contributed by atoms with Crippen LogP contribution in [0.25, 0.3) is 0 Å². The zero-order valence-corrected chi connectivity index (χ0v) is 9.66. The van der Waals surface area contributed by atoms with Crippen molar-refractivity contribution in [3.8, 4) is 0 Å². The van der Waals surface area contributed by atoms with Crippen molar-refractivity contribution in [3.05, 3.63) is 0 Å². The van der Waals surface area contributed by atoms with Gasteiger partial charge in [0.1, 0.15) is 0 Å². The average molecular weight is 201 g/mol. The summed E-state index contributed by atoms with van der Waals surface area (Å²) in [7, 11) is 1.80. The van der Waals surface area contributed by atoms with Crippen molar-refractivity contribution >= 4 is 0 Å². The van der Waals surface area contributed by atoms with Crippen LogP contribution in [-0.4, -0.2) is 50.5 Å². The SMILES string of the molecule is CO[C@@H]1CCCN(CCOC(C)C)C1. The average Bonchev–Trinajstić information content (AvgIpc) is 2.18. The Morgan fingerprint density at radius 2 is 2.21 bits per heavy atom. The van der Waals surface area contributed by atoms with E-state index in [0.717, 1.165) is 19.7 Å². The third-order valence-electron chi connectivity index (χ3n) is 2.65. The Morgan fingerprint density at radius 1 is 1.43 bits per heavy atom. The molecule has 1 rings (SSSR count). The van der Waals surface area contributed by atoms with Gasteiger partial charge in [0, 0.05) is 20.2 Å². The number of likely N-dealkylation sites (tertiary alicyclic amines) is 1. The molecule has 1 atom stereocenters. The molecule has 14 heavy (non-hydrogen) atoms. The smallest absolute Gasteiger partial charge is 0.0698 e. The molecule has 0 bridgehead atoms. The fourth-order valence-electron chi connectivity index (χ4n) is 1.83. The molecule has 0 N–H and O–H groups in total. The molecule has 0 aromatic heterocycles. The Bertz CT molecular complexity index is 150. The van der Waals surface area contributed by atoms with E-state index >= 15 is 0 Å². The minimum atomic E-state index is 0.345. The van der Waals surface area contributed by atoms with E-state index < -0.39 is 0 Å². The first kappa shape index (κ1) is 12.0. The Balaban J connectivity index is 2.11. The second-order valence-electron chi connectivity index (χ2n) is 4.22. The molecule has 84 valence electrons. The second-order valence-corrected chi connectivity index (χ2v) is 4.22. The van der Waals surface area contributed by atoms with Crippen LogP contribution in [0.3, 0.4) is 0 Å². The summed E-state index contributed by atoms with van der Waals surface area (Å²) in [5.74, 6) is 0. The number of hydrogen-bond acceptors (Lipinski definition) is 3. The van der Waals surface area contributed by atoms with Crippen LogP contribution in [0, 0.1) is 0 Å². The molecular formula is C11H23NO2. The van der Waals surface area contributed by atoms with Gasteiger partial charge in [-0.1, -0.05) is 0 Å². The first-order chi connectivity index (χ1) is 6.72. The molecule has 0 unspecified atom stereocenters. The molecule has 1 heterocycles. The van der Waals surface area contributed by atoms with Crippen LogP contribution >= 0.6 is 0 Å². The summed E-state index contributed by atoms with van der Waals surface area (Å²) in [4.78, 5) is 2.43. The highest BCUT2D eigenvalue weighted by Gasteiger charge is 2.18. The maximum atomic E-state index is 5.53. The predicted molar refractivity (Wildman–Crippen MR) is 57.6 cm³/mol. The first-order valence-electron chi connectivity index (χ1n) is 5.59. The number of hydrogen-bond donors (Lipinski definition) is 0. The van der Waals surface area contributed by atoms with Gasteiger partial charge in [-0.2, -0.15) is 0 Å². The van der Waals surface area contributed by atoms with E-state index in [1.165, 1.54) is 19.4 Å². The first-order valence-corrected chi connectivity index (χ1v) is 5.59. The number of methoxy groups -OCH3 is 1. The van der Waals surface area contributed by atoms with Crippen molar-refractivity contribution in [1.29, 1.82) is 0 Å². The molecule has 1 aliphatic heterocycles. The Kier molecular flexibility index (Phi) is 5.45. The molecule has 0 radical (unpaired) electrons. The molecule has 0 spiro atoms. The lowest BCUT2D eigenvalue weighted by Gasteiger charge is -2.31. The third-order valence-corrected chi connectivity index (χ3v) is 2.65. The highest BCUT2D eigenvalue weighted by atomic mass is 16.5. The van der Waals surface area contributed by atoms with Gasteiger partial charge in [0.05, 0.1) is 18.8 Å². The van der Waals surface area contributed by atoms with Crippen molar-refractivity contribution in [3.63, 3.8) is 0 Å². The van der Waals surface area contributed by atoms with Crippen molar-refractivity contribution in [2.24, 2.45) is 0 Å². The zero-order valence-electron chi connectivity index (χ0n) is 9.66. The van der Waals surface area contributed by atoms with Gasteiger partial charge in [0.25, 0.3) is 0 Å². The highest BCUT2D eigenvalue weighted by molar-refractivity contribution is 4.72. The standard InChI is InChI=1S/C11H23NO2/c1-10(2)14-8-7-12-6-4-5-11(9-12)13-3/h10-11H,4-9H2,1-3H3/t11-/m1/s1. The van der Waals surface area contributed by atoms with Crippen molar-refractivity contribution in [2.75, 3.05) is 33.4 Å². The zero-order chi connectivity index (χ0) is 10.4. The van der Waals surface area contributed by atoms with E-state index in [0.29, 0.717) is 12.2 Å². The lowest BCUT2D eigenvalue weighted by atomic mass is 10.1. The normalized spacial score (nSPS) is 24.4. The summed E-state index contributed by atoms with van der Waals surface area (Å²) in [6.07, 6.45) is 3.24. The number of ether oxygens (including phenoxy) is 2. The number of rotatable bonds is 5. The lowest BCUT2D eigenvalue weighted by Crippen LogP contribution is -2.41. The molecule has 3 nitrogen and oxygen atoms in total. The molecular weight excluding hydrogens is 178 g/mol. The van der Waals surface area contributed by atoms with E-state index in [4.69, 9.17) is 9.47 Å². The minimum absolute atomic E-state index is 0.345. The second kappa shape index (κ2) is 6.38. The van der Waals surface area contributed by atoms with E-state index in [2.05, 4.69) is 18.7 Å². The van der Waals surface area contributed by atoms with Crippen LogP contribution < -0.4 is 0 Å². The Morgan fingerprint density at radius 3 is 2.86 bits per heavy atom. The molecule has 3 heteroatoms. The fourth-order valence-corrected chi connectivity index (χ4v) is 1.83. The quantitative estimate of drug-likeness (QED) is 0.673. The van der Waals surface area contributed by atoms with E-state index in [9.17, 15) is 0 Å². The van der Waals surface area contributed by atoms with Gasteiger partial charge in [0.2, 0.25) is 0 Å². The molecule has 0 aliphatic carbocycles. The summed E-state index contributed by atoms with van der Waals surface area (Å²) >= 11 is 0. The predicted octanol–water partition coefficient (Wildman–Crippen LogP) is 1.52. The summed E-state index contributed by atoms with van der Waals surface area (Å²) in [5, 5.41) is 0. The van der Waals surface area contributed by atoms with E-state index in [1.807, 2.05) is 0 Å². The van der Waals surface area contributed by atoms with Gasteiger partial charge in [-0.3, -0.25) is 4.90 Å². The van der Waals surface area contributed by atoms with Gasteiger partial charge in [-0.05, 0) is 33.2 Å². The van der Waals surface area contributed by atoms with Crippen LogP contribution in [0.1, 0.15) is 26.7 Å². The van der Waals surface area contributed by atoms with Crippen LogP contribution in [0.5, 0.6) is 0 Å². The monoisotopic (exact) mass is 201 g/mol. The Labute approximate surface area is 87.4 Å². The van der Waals surface area contributed by atoms with Crippen molar-refractivity contribution in [2.45, 2.75) is 38.9 Å². The fraction of sp³-hybridized carbons (Fsp3) is 1.00. The van der Waals surface area contributed by atoms with Crippen LogP contribution in [0.2, 0.25) is 0 Å². The van der Waals surface area contributed by atoms with Gasteiger partial charge >= 0.3 is 0 Å². The largest absolute Gasteiger partial charge is 0.380 e. The van der Waals surface area contributed by atoms with Crippen LogP contribution in [0.4, 0.5) is 0 Å². The molecule has 0 amide bonds. The van der Waals surface area contributed by atoms with Gasteiger partial charge < -0.3 is 9.47 Å². The number of nitrogens with zero attached hydrogens (tertiary/aromatic N) is 1. The third kappa shape index (κ3) is 4.40. The van der Waals surface area contributed by atoms with Crippen molar-refractivity contribution in [1.82, 2.24) is 4.90 Å². The highest BCUT2D eigenvalue weighted by Crippen LogP contribution is 2.11. The summed E-state index contributed by atoms with van der Waals surface area (Å²) < 4.78 is 10.9. The van der Waals surface area contributed by atoms with Gasteiger partial charge in [-0.15, -0.1) is 0 Å². The van der Waals surface area contributed by atoms with Crippen molar-refractivity contribution < 1.29 is 9.47 Å². The molecule has 1 saturated heterocycles. The molecule has 1 aliphatic rings. The molecule has 0 aromatic rings. The van der Waals surface area contributed by atoms with E-state index in [1.54, 1.807) is 7.11 Å². The molecule has 1 fully saturated rings. The van der Waals surface area contributed by atoms with E-state index in [-0.39, 0.29) is 0 Å². The summed E-state index contributed by atoms with van der Waals surface area (Å²) in [6, 6.07) is 0.